The average Bonchev–Trinajstić information content (AvgIpc) is 2.70. The van der Waals surface area contributed by atoms with E-state index in [9.17, 15) is 18.0 Å². The van der Waals surface area contributed by atoms with E-state index in [-0.39, 0.29) is 18.7 Å². The van der Waals surface area contributed by atoms with E-state index in [2.05, 4.69) is 5.32 Å². The summed E-state index contributed by atoms with van der Waals surface area (Å²) in [5, 5.41) is 11.4. The van der Waals surface area contributed by atoms with E-state index in [4.69, 9.17) is 5.11 Å². The number of hydrogen-bond acceptors (Lipinski definition) is 4. The van der Waals surface area contributed by atoms with Gasteiger partial charge < -0.3 is 10.4 Å². The van der Waals surface area contributed by atoms with Crippen LogP contribution in [0.5, 0.6) is 0 Å². The lowest BCUT2D eigenvalue weighted by Gasteiger charge is -2.16. The van der Waals surface area contributed by atoms with Gasteiger partial charge in [0.2, 0.25) is 15.9 Å². The van der Waals surface area contributed by atoms with Gasteiger partial charge in [0.25, 0.3) is 0 Å². The second-order valence-electron chi connectivity index (χ2n) is 4.92. The van der Waals surface area contributed by atoms with Crippen LogP contribution in [0, 0.1) is 0 Å². The fourth-order valence-corrected chi connectivity index (χ4v) is 3.63. The Balaban J connectivity index is 2.40. The lowest BCUT2D eigenvalue weighted by atomic mass is 10.1. The van der Waals surface area contributed by atoms with Crippen LogP contribution in [0.3, 0.4) is 0 Å². The van der Waals surface area contributed by atoms with Gasteiger partial charge in [0.15, 0.2) is 0 Å². The van der Waals surface area contributed by atoms with E-state index in [0.29, 0.717) is 19.4 Å². The van der Waals surface area contributed by atoms with Crippen molar-refractivity contribution in [2.24, 2.45) is 0 Å². The van der Waals surface area contributed by atoms with E-state index in [1.165, 1.54) is 4.31 Å². The molecule has 0 radical (unpaired) electrons. The summed E-state index contributed by atoms with van der Waals surface area (Å²) in [7, 11) is -3.20. The van der Waals surface area contributed by atoms with Crippen molar-refractivity contribution in [3.8, 4) is 0 Å². The van der Waals surface area contributed by atoms with Gasteiger partial charge in [-0.15, -0.1) is 0 Å². The van der Waals surface area contributed by atoms with Crippen molar-refractivity contribution in [3.05, 3.63) is 0 Å². The molecule has 7 nitrogen and oxygen atoms in total. The van der Waals surface area contributed by atoms with Crippen LogP contribution >= 0.6 is 0 Å². The number of carbonyl (C=O) groups excluding carboxylic acids is 1. The average molecular weight is 306 g/mol. The molecule has 0 aliphatic carbocycles. The van der Waals surface area contributed by atoms with Gasteiger partial charge in [-0.25, -0.2) is 17.5 Å². The number of carboxylic acids is 1. The van der Waals surface area contributed by atoms with Crippen molar-refractivity contribution in [2.75, 3.05) is 18.8 Å². The first kappa shape index (κ1) is 16.9. The molecule has 1 saturated heterocycles. The fraction of sp³-hybridized carbons (Fsp3) is 0.833. The van der Waals surface area contributed by atoms with E-state index < -0.39 is 27.9 Å². The summed E-state index contributed by atoms with van der Waals surface area (Å²) in [6.45, 7) is 2.50. The summed E-state index contributed by atoms with van der Waals surface area (Å²) in [5.74, 6) is -1.35. The highest BCUT2D eigenvalue weighted by Gasteiger charge is 2.28. The predicted molar refractivity (Wildman–Crippen MR) is 73.7 cm³/mol. The number of hydrogen-bond donors (Lipinski definition) is 2. The number of carboxylic acid groups (broad SMARTS) is 1. The Bertz CT molecular complexity index is 449. The molecule has 20 heavy (non-hydrogen) atoms. The molecule has 8 heteroatoms. The third-order valence-corrected chi connectivity index (χ3v) is 5.23. The number of nitrogens with zero attached hydrogens (tertiary/aromatic N) is 1. The number of aliphatic carboxylic acids is 1. The topological polar surface area (TPSA) is 104 Å². The molecule has 0 bridgehead atoms. The molecule has 0 saturated carbocycles. The summed E-state index contributed by atoms with van der Waals surface area (Å²) < 4.78 is 24.4. The normalized spacial score (nSPS) is 19.6. The van der Waals surface area contributed by atoms with Crippen LogP contribution in [-0.2, 0) is 19.6 Å². The number of nitrogens with one attached hydrogen (secondary N) is 1. The Morgan fingerprint density at radius 3 is 2.60 bits per heavy atom. The Hall–Kier alpha value is -1.15. The molecule has 1 aliphatic rings. The summed E-state index contributed by atoms with van der Waals surface area (Å²) in [4.78, 5) is 22.7. The maximum Gasteiger partial charge on any atom is 0.326 e. The molecular weight excluding hydrogens is 284 g/mol. The molecule has 1 amide bonds. The highest BCUT2D eigenvalue weighted by atomic mass is 32.2. The number of rotatable bonds is 8. The van der Waals surface area contributed by atoms with Crippen LogP contribution in [0.2, 0.25) is 0 Å². The molecule has 0 aromatic carbocycles. The van der Waals surface area contributed by atoms with E-state index in [0.717, 1.165) is 12.8 Å². The molecular formula is C12H22N2O5S. The van der Waals surface area contributed by atoms with Crippen molar-refractivity contribution < 1.29 is 23.1 Å². The van der Waals surface area contributed by atoms with Crippen LogP contribution in [-0.4, -0.2) is 54.6 Å². The number of carbonyl (C=O) groups is 2. The molecule has 1 rings (SSSR count). The molecule has 1 fully saturated rings. The van der Waals surface area contributed by atoms with Gasteiger partial charge in [-0.1, -0.05) is 19.8 Å². The molecule has 0 spiro atoms. The predicted octanol–water partition coefficient (Wildman–Crippen LogP) is 0.172. The first-order valence-corrected chi connectivity index (χ1v) is 8.47. The van der Waals surface area contributed by atoms with Gasteiger partial charge in [-0.05, 0) is 12.8 Å². The largest absolute Gasteiger partial charge is 0.480 e. The third kappa shape index (κ3) is 5.09. The molecule has 0 aromatic rings. The fourth-order valence-electron chi connectivity index (χ4n) is 2.10. The molecule has 1 aliphatic heterocycles. The van der Waals surface area contributed by atoms with Crippen LogP contribution < -0.4 is 5.32 Å². The molecule has 116 valence electrons. The van der Waals surface area contributed by atoms with E-state index in [1.54, 1.807) is 0 Å². The van der Waals surface area contributed by atoms with Crippen LogP contribution in [0.15, 0.2) is 0 Å². The third-order valence-electron chi connectivity index (χ3n) is 3.27. The summed E-state index contributed by atoms with van der Waals surface area (Å²) in [6.07, 6.45) is 2.54. The molecule has 1 unspecified atom stereocenters. The van der Waals surface area contributed by atoms with Gasteiger partial charge in [-0.3, -0.25) is 4.79 Å². The number of amides is 1. The molecule has 2 N–H and O–H groups in total. The van der Waals surface area contributed by atoms with Gasteiger partial charge >= 0.3 is 5.97 Å². The SMILES string of the molecule is CCCCC(NC(=O)CCN1CCCS1(=O)=O)C(=O)O. The monoisotopic (exact) mass is 306 g/mol. The maximum atomic E-state index is 11.7. The van der Waals surface area contributed by atoms with Crippen LogP contribution in [0.25, 0.3) is 0 Å². The van der Waals surface area contributed by atoms with E-state index >= 15 is 0 Å². The lowest BCUT2D eigenvalue weighted by Crippen LogP contribution is -2.42. The van der Waals surface area contributed by atoms with Crippen LogP contribution in [0.1, 0.15) is 39.0 Å². The van der Waals surface area contributed by atoms with Gasteiger partial charge in [0.1, 0.15) is 6.04 Å². The minimum absolute atomic E-state index is 0.00483. The van der Waals surface area contributed by atoms with E-state index in [1.807, 2.05) is 6.92 Å². The second kappa shape index (κ2) is 7.58. The number of sulfonamides is 1. The Labute approximate surface area is 119 Å². The molecule has 0 aromatic heterocycles. The standard InChI is InChI=1S/C12H22N2O5S/c1-2-3-5-10(12(16)17)13-11(15)6-8-14-7-4-9-20(14,18)19/h10H,2-9H2,1H3,(H,13,15)(H,16,17). The zero-order valence-electron chi connectivity index (χ0n) is 11.7. The molecule has 1 atom stereocenters. The van der Waals surface area contributed by atoms with Gasteiger partial charge in [0, 0.05) is 19.5 Å². The Morgan fingerprint density at radius 2 is 2.10 bits per heavy atom. The summed E-state index contributed by atoms with van der Waals surface area (Å²) >= 11 is 0. The van der Waals surface area contributed by atoms with Crippen molar-refractivity contribution in [3.63, 3.8) is 0 Å². The first-order chi connectivity index (χ1) is 9.36. The highest BCUT2D eigenvalue weighted by molar-refractivity contribution is 7.89. The van der Waals surface area contributed by atoms with Crippen molar-refractivity contribution in [2.45, 2.75) is 45.1 Å². The smallest absolute Gasteiger partial charge is 0.326 e. The van der Waals surface area contributed by atoms with Gasteiger partial charge in [0.05, 0.1) is 5.75 Å². The molecule has 1 heterocycles. The van der Waals surface area contributed by atoms with Crippen LogP contribution in [0.4, 0.5) is 0 Å². The highest BCUT2D eigenvalue weighted by Crippen LogP contribution is 2.13. The Morgan fingerprint density at radius 1 is 1.40 bits per heavy atom. The minimum Gasteiger partial charge on any atom is -0.480 e. The quantitative estimate of drug-likeness (QED) is 0.665. The van der Waals surface area contributed by atoms with Crippen molar-refractivity contribution in [1.29, 1.82) is 0 Å². The lowest BCUT2D eigenvalue weighted by molar-refractivity contribution is -0.142. The van der Waals surface area contributed by atoms with Crippen molar-refractivity contribution in [1.82, 2.24) is 9.62 Å². The summed E-state index contributed by atoms with van der Waals surface area (Å²) in [5.41, 5.74) is 0. The van der Waals surface area contributed by atoms with Crippen molar-refractivity contribution >= 4 is 21.9 Å². The second-order valence-corrected chi connectivity index (χ2v) is 7.01. The minimum atomic E-state index is -3.20. The maximum absolute atomic E-state index is 11.7. The number of unbranched alkanes of at least 4 members (excludes halogenated alkanes) is 1. The zero-order chi connectivity index (χ0) is 15.2. The Kier molecular flexibility index (Phi) is 6.41. The summed E-state index contributed by atoms with van der Waals surface area (Å²) in [6, 6.07) is -0.891. The first-order valence-electron chi connectivity index (χ1n) is 6.87. The van der Waals surface area contributed by atoms with Gasteiger partial charge in [-0.2, -0.15) is 0 Å². The zero-order valence-corrected chi connectivity index (χ0v) is 12.5.